The summed E-state index contributed by atoms with van der Waals surface area (Å²) in [5, 5.41) is 7.68. The number of hydrogen-bond donors (Lipinski definition) is 3. The van der Waals surface area contributed by atoms with E-state index in [4.69, 9.17) is 5.73 Å². The number of carbonyl (C=O) groups is 2. The first-order valence-electron chi connectivity index (χ1n) is 11.6. The van der Waals surface area contributed by atoms with E-state index in [1.165, 1.54) is 18.9 Å². The van der Waals surface area contributed by atoms with Gasteiger partial charge in [-0.3, -0.25) is 9.59 Å². The summed E-state index contributed by atoms with van der Waals surface area (Å²) in [5.41, 5.74) is 8.83. The van der Waals surface area contributed by atoms with Crippen molar-refractivity contribution < 1.29 is 9.59 Å². The highest BCUT2D eigenvalue weighted by Gasteiger charge is 2.18. The molecule has 7 nitrogen and oxygen atoms in total. The molecule has 3 aromatic rings. The monoisotopic (exact) mass is 457 g/mol. The van der Waals surface area contributed by atoms with Gasteiger partial charge in [-0.15, -0.1) is 0 Å². The summed E-state index contributed by atoms with van der Waals surface area (Å²) in [5.74, 6) is 0.108. The molecule has 1 aliphatic heterocycles. The van der Waals surface area contributed by atoms with Crippen LogP contribution in [0.25, 0.3) is 22.0 Å². The Hall–Kier alpha value is -3.71. The van der Waals surface area contributed by atoms with Crippen LogP contribution in [0.1, 0.15) is 29.8 Å². The van der Waals surface area contributed by atoms with Crippen LogP contribution < -0.4 is 16.4 Å². The van der Waals surface area contributed by atoms with Crippen LogP contribution in [0.15, 0.2) is 61.2 Å². The second-order valence-electron chi connectivity index (χ2n) is 8.86. The zero-order chi connectivity index (χ0) is 24.1. The van der Waals surface area contributed by atoms with E-state index in [0.29, 0.717) is 29.5 Å². The van der Waals surface area contributed by atoms with E-state index in [-0.39, 0.29) is 17.5 Å². The molecule has 0 bridgehead atoms. The molecule has 1 aromatic heterocycles. The lowest BCUT2D eigenvalue weighted by Crippen LogP contribution is -2.33. The fourth-order valence-electron chi connectivity index (χ4n) is 4.36. The lowest BCUT2D eigenvalue weighted by molar-refractivity contribution is -0.111. The van der Waals surface area contributed by atoms with Crippen LogP contribution in [0.4, 0.5) is 11.4 Å². The number of carbonyl (C=O) groups excluding carboxylic acids is 2. The summed E-state index contributed by atoms with van der Waals surface area (Å²) < 4.78 is 0. The Balaban J connectivity index is 1.51. The number of piperidine rings is 1. The summed E-state index contributed by atoms with van der Waals surface area (Å²) in [7, 11) is 2.15. The molecule has 1 fully saturated rings. The number of aromatic nitrogens is 1. The quantitative estimate of drug-likeness (QED) is 0.465. The SMILES string of the molecule is C=CC(=O)Nc1cccc2ccc(-c3ccc(N)c(C(=O)NCCC4CCN(C)CC4)n3)cc12. The van der Waals surface area contributed by atoms with Crippen LogP contribution in [-0.2, 0) is 4.79 Å². The largest absolute Gasteiger partial charge is 0.397 e. The molecule has 34 heavy (non-hydrogen) atoms. The molecule has 0 unspecified atom stereocenters. The molecule has 0 radical (unpaired) electrons. The van der Waals surface area contributed by atoms with Gasteiger partial charge in [-0.25, -0.2) is 4.98 Å². The van der Waals surface area contributed by atoms with E-state index < -0.39 is 0 Å². The molecule has 0 atom stereocenters. The Morgan fingerprint density at radius 1 is 1.18 bits per heavy atom. The normalized spacial score (nSPS) is 14.6. The van der Waals surface area contributed by atoms with Gasteiger partial charge in [-0.05, 0) is 81.0 Å². The third-order valence-corrected chi connectivity index (χ3v) is 6.44. The highest BCUT2D eigenvalue weighted by atomic mass is 16.2. The number of nitrogens with zero attached hydrogens (tertiary/aromatic N) is 2. The van der Waals surface area contributed by atoms with Crippen LogP contribution in [0.2, 0.25) is 0 Å². The Kier molecular flexibility index (Phi) is 7.23. The van der Waals surface area contributed by atoms with Gasteiger partial charge in [0, 0.05) is 23.2 Å². The van der Waals surface area contributed by atoms with Crippen molar-refractivity contribution >= 4 is 34.0 Å². The number of pyridine rings is 1. The van der Waals surface area contributed by atoms with Crippen LogP contribution in [0.5, 0.6) is 0 Å². The zero-order valence-corrected chi connectivity index (χ0v) is 19.5. The van der Waals surface area contributed by atoms with E-state index in [1.54, 1.807) is 12.1 Å². The first kappa shape index (κ1) is 23.4. The maximum Gasteiger partial charge on any atom is 0.272 e. The molecule has 2 aromatic carbocycles. The third-order valence-electron chi connectivity index (χ3n) is 6.44. The van der Waals surface area contributed by atoms with Crippen LogP contribution in [0.3, 0.4) is 0 Å². The maximum absolute atomic E-state index is 12.8. The number of nitrogens with one attached hydrogen (secondary N) is 2. The summed E-state index contributed by atoms with van der Waals surface area (Å²) in [6, 6.07) is 15.1. The van der Waals surface area contributed by atoms with Crippen LogP contribution in [0, 0.1) is 5.92 Å². The van der Waals surface area contributed by atoms with Crippen molar-refractivity contribution in [3.8, 4) is 11.3 Å². The Bertz CT molecular complexity index is 1210. The molecule has 176 valence electrons. The van der Waals surface area contributed by atoms with Gasteiger partial charge in [-0.1, -0.05) is 30.8 Å². The Labute approximate surface area is 200 Å². The van der Waals surface area contributed by atoms with E-state index in [0.717, 1.165) is 35.8 Å². The molecule has 0 saturated carbocycles. The topological polar surface area (TPSA) is 100 Å². The lowest BCUT2D eigenvalue weighted by atomic mass is 9.94. The minimum Gasteiger partial charge on any atom is -0.397 e. The molecule has 4 rings (SSSR count). The van der Waals surface area contributed by atoms with E-state index >= 15 is 0 Å². The van der Waals surface area contributed by atoms with E-state index in [1.807, 2.05) is 36.4 Å². The van der Waals surface area contributed by atoms with E-state index in [2.05, 4.69) is 34.1 Å². The average Bonchev–Trinajstić information content (AvgIpc) is 2.85. The number of fused-ring (bicyclic) bond motifs is 1. The summed E-state index contributed by atoms with van der Waals surface area (Å²) >= 11 is 0. The summed E-state index contributed by atoms with van der Waals surface area (Å²) in [6.07, 6.45) is 4.53. The van der Waals surface area contributed by atoms with Gasteiger partial charge in [0.25, 0.3) is 5.91 Å². The average molecular weight is 458 g/mol. The molecule has 0 spiro atoms. The molecule has 2 amide bonds. The van der Waals surface area contributed by atoms with Crippen molar-refractivity contribution in [3.05, 3.63) is 66.9 Å². The number of amides is 2. The number of likely N-dealkylation sites (tertiary alicyclic amines) is 1. The Morgan fingerprint density at radius 3 is 2.74 bits per heavy atom. The van der Waals surface area contributed by atoms with Crippen molar-refractivity contribution in [1.82, 2.24) is 15.2 Å². The molecule has 7 heteroatoms. The minimum atomic E-state index is -0.275. The number of benzene rings is 2. The smallest absolute Gasteiger partial charge is 0.272 e. The molecular weight excluding hydrogens is 426 g/mol. The fraction of sp³-hybridized carbons (Fsp3) is 0.296. The van der Waals surface area contributed by atoms with Gasteiger partial charge >= 0.3 is 0 Å². The van der Waals surface area contributed by atoms with Crippen molar-refractivity contribution in [3.63, 3.8) is 0 Å². The highest BCUT2D eigenvalue weighted by Crippen LogP contribution is 2.29. The van der Waals surface area contributed by atoms with Crippen molar-refractivity contribution in [2.45, 2.75) is 19.3 Å². The Morgan fingerprint density at radius 2 is 1.97 bits per heavy atom. The first-order chi connectivity index (χ1) is 16.4. The molecule has 0 aliphatic carbocycles. The molecule has 2 heterocycles. The van der Waals surface area contributed by atoms with Gasteiger partial charge in [0.15, 0.2) is 5.69 Å². The number of nitrogens with two attached hydrogens (primary N) is 1. The van der Waals surface area contributed by atoms with Crippen molar-refractivity contribution in [2.24, 2.45) is 5.92 Å². The standard InChI is InChI=1S/C27H31N5O2/c1-3-25(33)30-24-6-4-5-19-7-8-20(17-21(19)24)23-10-9-22(28)26(31-23)27(34)29-14-11-18-12-15-32(2)16-13-18/h3-10,17-18H,1,11-16,28H2,2H3,(H,29,34)(H,30,33). The predicted octanol–water partition coefficient (Wildman–Crippen LogP) is 4.07. The number of nitrogen functional groups attached to an aromatic ring is 1. The van der Waals surface area contributed by atoms with Gasteiger partial charge in [0.1, 0.15) is 0 Å². The number of hydrogen-bond acceptors (Lipinski definition) is 5. The van der Waals surface area contributed by atoms with Gasteiger partial charge in [0.2, 0.25) is 5.91 Å². The second-order valence-corrected chi connectivity index (χ2v) is 8.86. The predicted molar refractivity (Wildman–Crippen MR) is 138 cm³/mol. The van der Waals surface area contributed by atoms with Gasteiger partial charge in [0.05, 0.1) is 11.4 Å². The van der Waals surface area contributed by atoms with Crippen LogP contribution >= 0.6 is 0 Å². The minimum absolute atomic E-state index is 0.231. The molecular formula is C27H31N5O2. The summed E-state index contributed by atoms with van der Waals surface area (Å²) in [4.78, 5) is 31.6. The van der Waals surface area contributed by atoms with Crippen LogP contribution in [-0.4, -0.2) is 48.4 Å². The van der Waals surface area contributed by atoms with Crippen molar-refractivity contribution in [1.29, 1.82) is 0 Å². The maximum atomic E-state index is 12.8. The fourth-order valence-corrected chi connectivity index (χ4v) is 4.36. The number of anilines is 2. The molecule has 1 saturated heterocycles. The third kappa shape index (κ3) is 5.43. The zero-order valence-electron chi connectivity index (χ0n) is 19.5. The molecule has 4 N–H and O–H groups in total. The lowest BCUT2D eigenvalue weighted by Gasteiger charge is -2.28. The molecule has 1 aliphatic rings. The summed E-state index contributed by atoms with van der Waals surface area (Å²) in [6.45, 7) is 6.35. The number of rotatable bonds is 7. The highest BCUT2D eigenvalue weighted by molar-refractivity contribution is 6.06. The van der Waals surface area contributed by atoms with E-state index in [9.17, 15) is 9.59 Å². The first-order valence-corrected chi connectivity index (χ1v) is 11.6. The van der Waals surface area contributed by atoms with Crippen molar-refractivity contribution in [2.75, 3.05) is 37.7 Å². The van der Waals surface area contributed by atoms with Gasteiger partial charge < -0.3 is 21.3 Å². The van der Waals surface area contributed by atoms with Gasteiger partial charge in [-0.2, -0.15) is 0 Å². The second kappa shape index (κ2) is 10.5.